The number of esters is 1. The first-order chi connectivity index (χ1) is 15.0. The Labute approximate surface area is 187 Å². The van der Waals surface area contributed by atoms with E-state index in [1.165, 1.54) is 31.7 Å². The van der Waals surface area contributed by atoms with Gasteiger partial charge in [-0.25, -0.2) is 4.39 Å². The van der Waals surface area contributed by atoms with Crippen molar-refractivity contribution in [1.82, 2.24) is 10.6 Å². The molecule has 1 fully saturated rings. The van der Waals surface area contributed by atoms with Crippen LogP contribution in [0.3, 0.4) is 0 Å². The number of benzene rings is 1. The minimum atomic E-state index is -0.274. The van der Waals surface area contributed by atoms with Crippen LogP contribution in [-0.2, 0) is 9.53 Å². The zero-order chi connectivity index (χ0) is 22.5. The number of halogens is 1. The SMILES string of the molecule is CCOC(=O)CNCCCCCCCNC(c1ccc(F)c(OCC2CC2)c1)C(C)C. The molecule has 0 bridgehead atoms. The van der Waals surface area contributed by atoms with Crippen LogP contribution >= 0.6 is 0 Å². The summed E-state index contributed by atoms with van der Waals surface area (Å²) in [6.45, 7) is 9.34. The van der Waals surface area contributed by atoms with Gasteiger partial charge >= 0.3 is 5.97 Å². The van der Waals surface area contributed by atoms with Crippen molar-refractivity contribution in [3.05, 3.63) is 29.6 Å². The number of unbranched alkanes of at least 4 members (excludes halogenated alkanes) is 4. The van der Waals surface area contributed by atoms with Gasteiger partial charge in [0.2, 0.25) is 0 Å². The average molecular weight is 437 g/mol. The molecule has 0 radical (unpaired) electrons. The second-order valence-corrected chi connectivity index (χ2v) is 8.87. The quantitative estimate of drug-likeness (QED) is 0.266. The Morgan fingerprint density at radius 2 is 1.84 bits per heavy atom. The van der Waals surface area contributed by atoms with Gasteiger partial charge in [0.25, 0.3) is 0 Å². The predicted octanol–water partition coefficient (Wildman–Crippen LogP) is 5.00. The molecular formula is C25H41FN2O3. The van der Waals surface area contributed by atoms with Gasteiger partial charge in [-0.1, -0.05) is 39.2 Å². The van der Waals surface area contributed by atoms with Gasteiger partial charge in [-0.15, -0.1) is 0 Å². The molecule has 2 N–H and O–H groups in total. The summed E-state index contributed by atoms with van der Waals surface area (Å²) in [6, 6.07) is 5.47. The van der Waals surface area contributed by atoms with Gasteiger partial charge in [0.15, 0.2) is 11.6 Å². The van der Waals surface area contributed by atoms with Gasteiger partial charge in [0.05, 0.1) is 19.8 Å². The van der Waals surface area contributed by atoms with Gasteiger partial charge in [0.1, 0.15) is 0 Å². The van der Waals surface area contributed by atoms with Crippen molar-refractivity contribution in [2.24, 2.45) is 11.8 Å². The fourth-order valence-electron chi connectivity index (χ4n) is 3.62. The molecule has 1 saturated carbocycles. The monoisotopic (exact) mass is 436 g/mol. The summed E-state index contributed by atoms with van der Waals surface area (Å²) >= 11 is 0. The van der Waals surface area contributed by atoms with Gasteiger partial charge in [-0.2, -0.15) is 0 Å². The molecule has 1 aromatic carbocycles. The van der Waals surface area contributed by atoms with Crippen LogP contribution < -0.4 is 15.4 Å². The standard InChI is InChI=1S/C25H41FN2O3/c1-4-30-24(29)17-27-14-8-6-5-7-9-15-28-25(19(2)3)21-12-13-22(26)23(16-21)31-18-20-10-11-20/h12-13,16,19-20,25,27-28H,4-11,14-15,17-18H2,1-3H3. The number of hydrogen-bond acceptors (Lipinski definition) is 5. The summed E-state index contributed by atoms with van der Waals surface area (Å²) in [4.78, 5) is 11.2. The van der Waals surface area contributed by atoms with Crippen LogP contribution in [0.25, 0.3) is 0 Å². The number of ether oxygens (including phenoxy) is 2. The summed E-state index contributed by atoms with van der Waals surface area (Å²) in [7, 11) is 0. The molecule has 0 spiro atoms. The van der Waals surface area contributed by atoms with Crippen LogP contribution in [0.2, 0.25) is 0 Å². The van der Waals surface area contributed by atoms with Crippen LogP contribution in [0.1, 0.15) is 77.3 Å². The zero-order valence-electron chi connectivity index (χ0n) is 19.6. The van der Waals surface area contributed by atoms with Gasteiger partial charge in [0, 0.05) is 6.04 Å². The molecule has 176 valence electrons. The van der Waals surface area contributed by atoms with Gasteiger partial charge in [-0.05, 0) is 75.2 Å². The van der Waals surface area contributed by atoms with Gasteiger partial charge < -0.3 is 20.1 Å². The van der Waals surface area contributed by atoms with Gasteiger partial charge in [-0.3, -0.25) is 4.79 Å². The number of carbonyl (C=O) groups is 1. The van der Waals surface area contributed by atoms with E-state index in [4.69, 9.17) is 9.47 Å². The molecule has 31 heavy (non-hydrogen) atoms. The number of nitrogens with one attached hydrogen (secondary N) is 2. The number of hydrogen-bond donors (Lipinski definition) is 2. The summed E-state index contributed by atoms with van der Waals surface area (Å²) < 4.78 is 24.7. The first-order valence-corrected chi connectivity index (χ1v) is 12.0. The Balaban J connectivity index is 1.62. The van der Waals surface area contributed by atoms with Crippen molar-refractivity contribution in [1.29, 1.82) is 0 Å². The number of rotatable bonds is 17. The van der Waals surface area contributed by atoms with Crippen LogP contribution in [0.15, 0.2) is 18.2 Å². The Hall–Kier alpha value is -1.66. The summed E-state index contributed by atoms with van der Waals surface area (Å²) in [5, 5.41) is 6.77. The first-order valence-electron chi connectivity index (χ1n) is 12.0. The first kappa shape index (κ1) is 25.6. The third-order valence-electron chi connectivity index (χ3n) is 5.62. The molecule has 0 amide bonds. The van der Waals surface area contributed by atoms with Crippen LogP contribution in [0, 0.1) is 17.7 Å². The summed E-state index contributed by atoms with van der Waals surface area (Å²) in [5.74, 6) is 0.941. The van der Waals surface area contributed by atoms with Crippen molar-refractivity contribution in [2.75, 3.05) is 32.8 Å². The largest absolute Gasteiger partial charge is 0.490 e. The molecule has 1 atom stereocenters. The average Bonchev–Trinajstić information content (AvgIpc) is 3.56. The molecule has 6 heteroatoms. The molecule has 1 aliphatic rings. The fourth-order valence-corrected chi connectivity index (χ4v) is 3.62. The fraction of sp³-hybridized carbons (Fsp3) is 0.720. The minimum absolute atomic E-state index is 0.184. The van der Waals surface area contributed by atoms with E-state index in [9.17, 15) is 9.18 Å². The lowest BCUT2D eigenvalue weighted by molar-refractivity contribution is -0.141. The van der Waals surface area contributed by atoms with Crippen molar-refractivity contribution < 1.29 is 18.7 Å². The molecule has 1 aromatic rings. The molecule has 1 aliphatic carbocycles. The Morgan fingerprint density at radius 3 is 2.52 bits per heavy atom. The van der Waals surface area contributed by atoms with Crippen LogP contribution in [0.5, 0.6) is 5.75 Å². The molecule has 5 nitrogen and oxygen atoms in total. The van der Waals surface area contributed by atoms with E-state index in [2.05, 4.69) is 24.5 Å². The highest BCUT2D eigenvalue weighted by atomic mass is 19.1. The van der Waals surface area contributed by atoms with Crippen molar-refractivity contribution in [3.8, 4) is 5.75 Å². The maximum atomic E-state index is 14.1. The summed E-state index contributed by atoms with van der Waals surface area (Å²) in [6.07, 6.45) is 8.10. The molecule has 2 rings (SSSR count). The number of carbonyl (C=O) groups excluding carboxylic acids is 1. The Bertz CT molecular complexity index is 650. The molecule has 1 unspecified atom stereocenters. The van der Waals surface area contributed by atoms with Crippen molar-refractivity contribution in [3.63, 3.8) is 0 Å². The lowest BCUT2D eigenvalue weighted by Crippen LogP contribution is -2.27. The van der Waals surface area contributed by atoms with E-state index in [0.717, 1.165) is 37.9 Å². The molecular weight excluding hydrogens is 395 g/mol. The van der Waals surface area contributed by atoms with Crippen LogP contribution in [0.4, 0.5) is 4.39 Å². The lowest BCUT2D eigenvalue weighted by Gasteiger charge is -2.24. The maximum Gasteiger partial charge on any atom is 0.319 e. The van der Waals surface area contributed by atoms with Crippen LogP contribution in [-0.4, -0.2) is 38.8 Å². The normalized spacial score (nSPS) is 14.6. The lowest BCUT2D eigenvalue weighted by atomic mass is 9.95. The second kappa shape index (κ2) is 14.4. The highest BCUT2D eigenvalue weighted by Crippen LogP contribution is 2.32. The van der Waals surface area contributed by atoms with E-state index in [1.807, 2.05) is 19.1 Å². The second-order valence-electron chi connectivity index (χ2n) is 8.87. The molecule has 0 saturated heterocycles. The highest BCUT2D eigenvalue weighted by molar-refractivity contribution is 5.71. The smallest absolute Gasteiger partial charge is 0.319 e. The van der Waals surface area contributed by atoms with Crippen molar-refractivity contribution >= 4 is 5.97 Å². The Kier molecular flexibility index (Phi) is 11.9. The van der Waals surface area contributed by atoms with E-state index < -0.39 is 0 Å². The van der Waals surface area contributed by atoms with Crippen molar-refractivity contribution in [2.45, 2.75) is 71.8 Å². The zero-order valence-corrected chi connectivity index (χ0v) is 19.6. The highest BCUT2D eigenvalue weighted by Gasteiger charge is 2.23. The minimum Gasteiger partial charge on any atom is -0.490 e. The molecule has 0 aromatic heterocycles. The maximum absolute atomic E-state index is 14.1. The Morgan fingerprint density at radius 1 is 1.13 bits per heavy atom. The third-order valence-corrected chi connectivity index (χ3v) is 5.62. The van der Waals surface area contributed by atoms with E-state index in [-0.39, 0.29) is 17.8 Å². The molecule has 0 aliphatic heterocycles. The molecule has 0 heterocycles. The van der Waals surface area contributed by atoms with E-state index >= 15 is 0 Å². The predicted molar refractivity (Wildman–Crippen MR) is 123 cm³/mol. The topological polar surface area (TPSA) is 59.6 Å². The van der Waals surface area contributed by atoms with E-state index in [0.29, 0.717) is 37.3 Å². The summed E-state index contributed by atoms with van der Waals surface area (Å²) in [5.41, 5.74) is 1.09. The third kappa shape index (κ3) is 10.5. The van der Waals surface area contributed by atoms with E-state index in [1.54, 1.807) is 0 Å².